The van der Waals surface area contributed by atoms with Gasteiger partial charge in [-0.2, -0.15) is 0 Å². The van der Waals surface area contributed by atoms with Gasteiger partial charge in [-0.25, -0.2) is 9.98 Å². The number of benzene rings is 2. The molecular formula is C26H24N6O. The fourth-order valence-electron chi connectivity index (χ4n) is 4.18. The molecule has 1 aliphatic heterocycles. The van der Waals surface area contributed by atoms with Crippen molar-refractivity contribution in [1.82, 2.24) is 19.4 Å². The normalized spacial score (nSPS) is 14.4. The van der Waals surface area contributed by atoms with Gasteiger partial charge in [0.2, 0.25) is 5.96 Å². The highest BCUT2D eigenvalue weighted by molar-refractivity contribution is 5.88. The first kappa shape index (κ1) is 20.8. The molecule has 33 heavy (non-hydrogen) atoms. The van der Waals surface area contributed by atoms with Gasteiger partial charge in [-0.1, -0.05) is 24.3 Å². The summed E-state index contributed by atoms with van der Waals surface area (Å²) in [5.41, 5.74) is 4.72. The molecule has 0 spiro atoms. The monoisotopic (exact) mass is 436 g/mol. The Bertz CT molecular complexity index is 1450. The number of fused-ring (bicyclic) bond motifs is 1. The Morgan fingerprint density at radius 1 is 1.09 bits per heavy atom. The Balaban J connectivity index is 1.42. The number of hydrogen-bond donors (Lipinski definition) is 0. The van der Waals surface area contributed by atoms with Crippen molar-refractivity contribution in [2.75, 3.05) is 13.1 Å². The SMILES string of the molecule is C=N/C(=N\c1ccccc1C)N1CC(c2nccnc2-c2ccc3c(=O)n(C)ccc3c2)C1. The van der Waals surface area contributed by atoms with Crippen LogP contribution in [0.4, 0.5) is 5.69 Å². The van der Waals surface area contributed by atoms with Gasteiger partial charge in [-0.15, -0.1) is 0 Å². The van der Waals surface area contributed by atoms with Crippen LogP contribution in [0.2, 0.25) is 0 Å². The molecule has 7 nitrogen and oxygen atoms in total. The van der Waals surface area contributed by atoms with E-state index in [1.807, 2.05) is 55.5 Å². The number of nitrogens with zero attached hydrogens (tertiary/aromatic N) is 6. The Kier molecular flexibility index (Phi) is 5.30. The number of aromatic nitrogens is 3. The molecule has 3 heterocycles. The highest BCUT2D eigenvalue weighted by Gasteiger charge is 2.33. The zero-order valence-electron chi connectivity index (χ0n) is 18.6. The van der Waals surface area contributed by atoms with E-state index in [0.717, 1.165) is 46.7 Å². The molecule has 0 radical (unpaired) electrons. The lowest BCUT2D eigenvalue weighted by Crippen LogP contribution is -2.48. The number of rotatable bonds is 3. The number of guanidine groups is 1. The summed E-state index contributed by atoms with van der Waals surface area (Å²) in [6, 6.07) is 15.8. The van der Waals surface area contributed by atoms with Gasteiger partial charge in [0.1, 0.15) is 0 Å². The second-order valence-corrected chi connectivity index (χ2v) is 8.28. The van der Waals surface area contributed by atoms with Crippen LogP contribution in [0.5, 0.6) is 0 Å². The third-order valence-electron chi connectivity index (χ3n) is 6.11. The minimum Gasteiger partial charge on any atom is -0.339 e. The van der Waals surface area contributed by atoms with Crippen molar-refractivity contribution >= 4 is 29.1 Å². The van der Waals surface area contributed by atoms with Crippen LogP contribution >= 0.6 is 0 Å². The highest BCUT2D eigenvalue weighted by atomic mass is 16.1. The standard InChI is InChI=1S/C26H24N6O/c1-17-6-4-5-7-22(17)30-26(27-2)32-15-20(16-32)24-23(28-11-12-29-24)19-8-9-21-18(14-19)10-13-31(3)25(21)33/h4-14,20H,2,15-16H2,1,3H3/b30-26+. The number of pyridine rings is 1. The molecule has 0 atom stereocenters. The minimum absolute atomic E-state index is 0.00884. The van der Waals surface area contributed by atoms with Gasteiger partial charge in [0.25, 0.3) is 5.56 Å². The van der Waals surface area contributed by atoms with Crippen molar-refractivity contribution in [3.05, 3.63) is 88.7 Å². The number of aryl methyl sites for hydroxylation is 2. The van der Waals surface area contributed by atoms with Gasteiger partial charge in [0.05, 0.1) is 17.1 Å². The number of likely N-dealkylation sites (tertiary alicyclic amines) is 1. The quantitative estimate of drug-likeness (QED) is 0.358. The topological polar surface area (TPSA) is 75.7 Å². The maximum atomic E-state index is 12.4. The molecule has 0 N–H and O–H groups in total. The number of aliphatic imine (C=N–C) groups is 2. The molecule has 2 aromatic carbocycles. The molecule has 0 saturated carbocycles. The van der Waals surface area contributed by atoms with Crippen LogP contribution in [0.15, 0.2) is 81.9 Å². The van der Waals surface area contributed by atoms with E-state index in [4.69, 9.17) is 4.99 Å². The Hall–Kier alpha value is -4.13. The average Bonchev–Trinajstić information content (AvgIpc) is 2.81. The lowest BCUT2D eigenvalue weighted by atomic mass is 9.92. The first-order valence-corrected chi connectivity index (χ1v) is 10.8. The molecule has 0 amide bonds. The molecule has 164 valence electrons. The predicted molar refractivity (Wildman–Crippen MR) is 132 cm³/mol. The van der Waals surface area contributed by atoms with Crippen molar-refractivity contribution in [2.45, 2.75) is 12.8 Å². The van der Waals surface area contributed by atoms with Crippen molar-refractivity contribution in [2.24, 2.45) is 17.0 Å². The van der Waals surface area contributed by atoms with Crippen LogP contribution in [0.25, 0.3) is 22.0 Å². The molecule has 4 aromatic rings. The Morgan fingerprint density at radius 3 is 2.67 bits per heavy atom. The van der Waals surface area contributed by atoms with Crippen LogP contribution in [0.3, 0.4) is 0 Å². The van der Waals surface area contributed by atoms with Crippen LogP contribution in [0.1, 0.15) is 17.2 Å². The maximum Gasteiger partial charge on any atom is 0.258 e. The summed E-state index contributed by atoms with van der Waals surface area (Å²) in [4.78, 5) is 32.7. The lowest BCUT2D eigenvalue weighted by molar-refractivity contribution is 0.246. The summed E-state index contributed by atoms with van der Waals surface area (Å²) in [5.74, 6) is 0.824. The summed E-state index contributed by atoms with van der Waals surface area (Å²) in [6.45, 7) is 7.23. The van der Waals surface area contributed by atoms with E-state index in [9.17, 15) is 4.79 Å². The van der Waals surface area contributed by atoms with Gasteiger partial charge in [0, 0.05) is 55.6 Å². The summed E-state index contributed by atoms with van der Waals surface area (Å²) in [5, 5.41) is 1.59. The van der Waals surface area contributed by atoms with Crippen LogP contribution < -0.4 is 5.56 Å². The van der Waals surface area contributed by atoms with Crippen molar-refractivity contribution in [3.8, 4) is 11.3 Å². The van der Waals surface area contributed by atoms with Crippen LogP contribution in [0, 0.1) is 6.92 Å². The zero-order valence-corrected chi connectivity index (χ0v) is 18.6. The number of hydrogen-bond acceptors (Lipinski definition) is 4. The first-order chi connectivity index (χ1) is 16.0. The molecule has 1 saturated heterocycles. The minimum atomic E-state index is -0.00884. The molecule has 2 aromatic heterocycles. The van der Waals surface area contributed by atoms with Gasteiger partial charge in [-0.05, 0) is 48.9 Å². The third kappa shape index (κ3) is 3.82. The summed E-state index contributed by atoms with van der Waals surface area (Å²) < 4.78 is 1.59. The van der Waals surface area contributed by atoms with E-state index in [1.54, 1.807) is 30.2 Å². The second kappa shape index (κ2) is 8.43. The fraction of sp³-hybridized carbons (Fsp3) is 0.192. The summed E-state index contributed by atoms with van der Waals surface area (Å²) in [7, 11) is 1.76. The predicted octanol–water partition coefficient (Wildman–Crippen LogP) is 4.09. The largest absolute Gasteiger partial charge is 0.339 e. The van der Waals surface area contributed by atoms with E-state index < -0.39 is 0 Å². The molecule has 1 aliphatic rings. The summed E-state index contributed by atoms with van der Waals surface area (Å²) in [6.07, 6.45) is 5.22. The van der Waals surface area contributed by atoms with Gasteiger partial charge >= 0.3 is 0 Å². The van der Waals surface area contributed by atoms with E-state index in [0.29, 0.717) is 11.3 Å². The molecule has 1 fully saturated rings. The smallest absolute Gasteiger partial charge is 0.258 e. The van der Waals surface area contributed by atoms with E-state index in [2.05, 4.69) is 26.6 Å². The molecule has 0 bridgehead atoms. The molecule has 7 heteroatoms. The third-order valence-corrected chi connectivity index (χ3v) is 6.11. The van der Waals surface area contributed by atoms with Crippen molar-refractivity contribution < 1.29 is 0 Å². The molecule has 0 aliphatic carbocycles. The van der Waals surface area contributed by atoms with E-state index in [-0.39, 0.29) is 11.5 Å². The lowest BCUT2D eigenvalue weighted by Gasteiger charge is -2.39. The highest BCUT2D eigenvalue weighted by Crippen LogP contribution is 2.33. The molecule has 0 unspecified atom stereocenters. The van der Waals surface area contributed by atoms with Crippen molar-refractivity contribution in [3.63, 3.8) is 0 Å². The Labute approximate surface area is 191 Å². The average molecular weight is 437 g/mol. The van der Waals surface area contributed by atoms with Crippen LogP contribution in [-0.2, 0) is 7.05 Å². The Morgan fingerprint density at radius 2 is 1.88 bits per heavy atom. The zero-order chi connectivity index (χ0) is 22.9. The van der Waals surface area contributed by atoms with Crippen LogP contribution in [-0.4, -0.2) is 45.2 Å². The second-order valence-electron chi connectivity index (χ2n) is 8.28. The van der Waals surface area contributed by atoms with Gasteiger partial charge in [-0.3, -0.25) is 14.8 Å². The number of para-hydroxylation sites is 1. The van der Waals surface area contributed by atoms with E-state index in [1.165, 1.54) is 0 Å². The molecular weight excluding hydrogens is 412 g/mol. The maximum absolute atomic E-state index is 12.4. The van der Waals surface area contributed by atoms with E-state index >= 15 is 0 Å². The van der Waals surface area contributed by atoms with Gasteiger partial charge < -0.3 is 9.47 Å². The molecule has 5 rings (SSSR count). The van der Waals surface area contributed by atoms with Gasteiger partial charge in [0.15, 0.2) is 0 Å². The summed E-state index contributed by atoms with van der Waals surface area (Å²) >= 11 is 0. The van der Waals surface area contributed by atoms with Crippen molar-refractivity contribution in [1.29, 1.82) is 0 Å². The fourth-order valence-corrected chi connectivity index (χ4v) is 4.18. The first-order valence-electron chi connectivity index (χ1n) is 10.8.